The zero-order chi connectivity index (χ0) is 27.3. The second-order valence-electron chi connectivity index (χ2n) is 10.3. The van der Waals surface area contributed by atoms with E-state index in [4.69, 9.17) is 9.73 Å². The Kier molecular flexibility index (Phi) is 9.66. The second-order valence-corrected chi connectivity index (χ2v) is 12.2. The quantitative estimate of drug-likeness (QED) is 0.244. The van der Waals surface area contributed by atoms with E-state index >= 15 is 0 Å². The molecule has 3 N–H and O–H groups in total. The molecule has 0 aromatic heterocycles. The molecule has 2 heterocycles. The van der Waals surface area contributed by atoms with E-state index in [-0.39, 0.29) is 11.2 Å². The zero-order valence-electron chi connectivity index (χ0n) is 22.4. The molecule has 3 unspecified atom stereocenters. The molecule has 0 radical (unpaired) electrons. The molecule has 0 spiro atoms. The summed E-state index contributed by atoms with van der Waals surface area (Å²) in [6.45, 7) is 8.47. The molecule has 3 atom stereocenters. The Labute approximate surface area is 225 Å². The summed E-state index contributed by atoms with van der Waals surface area (Å²) in [4.78, 5) is 28.7. The molecule has 2 aliphatic heterocycles. The maximum absolute atomic E-state index is 14.4. The molecule has 38 heavy (non-hydrogen) atoms. The van der Waals surface area contributed by atoms with Crippen molar-refractivity contribution in [3.8, 4) is 0 Å². The number of benzene rings is 1. The fraction of sp³-hybridized carbons (Fsp3) is 0.483. The van der Waals surface area contributed by atoms with Gasteiger partial charge in [0.15, 0.2) is 5.82 Å². The van der Waals surface area contributed by atoms with Gasteiger partial charge in [0.05, 0.1) is 18.6 Å². The van der Waals surface area contributed by atoms with Gasteiger partial charge >= 0.3 is 7.87 Å². The Morgan fingerprint density at radius 2 is 1.95 bits per heavy atom. The Bertz CT molecular complexity index is 1160. The number of amidine groups is 1. The van der Waals surface area contributed by atoms with Gasteiger partial charge in [0.2, 0.25) is 5.30 Å². The van der Waals surface area contributed by atoms with Crippen molar-refractivity contribution in [3.05, 3.63) is 77.1 Å². The number of hydrogen-bond donors (Lipinski definition) is 3. The third-order valence-corrected chi connectivity index (χ3v) is 9.06. The van der Waals surface area contributed by atoms with Gasteiger partial charge in [0.25, 0.3) is 0 Å². The molecule has 6 nitrogen and oxygen atoms in total. The van der Waals surface area contributed by atoms with Crippen molar-refractivity contribution in [2.75, 3.05) is 19.8 Å². The van der Waals surface area contributed by atoms with Crippen LogP contribution >= 0.6 is 7.87 Å². The molecule has 0 saturated carbocycles. The Morgan fingerprint density at radius 3 is 2.71 bits per heavy atom. The summed E-state index contributed by atoms with van der Waals surface area (Å²) in [6, 6.07) is 2.68. The Morgan fingerprint density at radius 1 is 1.13 bits per heavy atom. The van der Waals surface area contributed by atoms with Crippen molar-refractivity contribution in [3.63, 3.8) is 0 Å². The van der Waals surface area contributed by atoms with E-state index in [2.05, 4.69) is 35.3 Å². The van der Waals surface area contributed by atoms with Crippen LogP contribution in [0.5, 0.6) is 0 Å². The molecule has 1 aliphatic carbocycles. The fourth-order valence-electron chi connectivity index (χ4n) is 5.25. The summed E-state index contributed by atoms with van der Waals surface area (Å²) in [6.07, 6.45) is 15.7. The number of ether oxygens (including phenoxy) is 1. The minimum atomic E-state index is -4.05. The minimum absolute atomic E-state index is 0.124. The first-order chi connectivity index (χ1) is 18.2. The van der Waals surface area contributed by atoms with Crippen LogP contribution in [0.15, 0.2) is 70.4 Å². The van der Waals surface area contributed by atoms with E-state index < -0.39 is 25.5 Å². The van der Waals surface area contributed by atoms with Crippen LogP contribution < -0.4 is 10.4 Å². The lowest BCUT2D eigenvalue weighted by Crippen LogP contribution is -2.41. The highest BCUT2D eigenvalue weighted by atomic mass is 31.2. The minimum Gasteiger partial charge on any atom is -0.381 e. The van der Waals surface area contributed by atoms with Gasteiger partial charge in [0.1, 0.15) is 11.7 Å². The van der Waals surface area contributed by atoms with Crippen LogP contribution in [0, 0.1) is 17.6 Å². The highest BCUT2D eigenvalue weighted by molar-refractivity contribution is 7.70. The first-order valence-electron chi connectivity index (χ1n) is 13.5. The lowest BCUT2D eigenvalue weighted by molar-refractivity contribution is 0.130. The van der Waals surface area contributed by atoms with Gasteiger partial charge < -0.3 is 9.64 Å². The molecule has 3 aliphatic rings. The van der Waals surface area contributed by atoms with Gasteiger partial charge in [0, 0.05) is 31.4 Å². The van der Waals surface area contributed by atoms with Crippen LogP contribution in [-0.4, -0.2) is 52.4 Å². The first kappa shape index (κ1) is 28.8. The van der Waals surface area contributed by atoms with Crippen molar-refractivity contribution in [1.82, 2.24) is 9.99 Å². The van der Waals surface area contributed by atoms with Gasteiger partial charge in [-0.15, -0.1) is 5.09 Å². The highest BCUT2D eigenvalue weighted by Crippen LogP contribution is 2.48. The van der Waals surface area contributed by atoms with Gasteiger partial charge in [-0.3, -0.25) is 4.99 Å². The number of fused-ring (bicyclic) bond motifs is 1. The lowest BCUT2D eigenvalue weighted by atomic mass is 9.81. The van der Waals surface area contributed by atoms with E-state index in [9.17, 15) is 18.6 Å². The molecule has 0 bridgehead atoms. The van der Waals surface area contributed by atoms with E-state index in [1.807, 2.05) is 26.0 Å². The summed E-state index contributed by atoms with van der Waals surface area (Å²) in [7, 11) is -4.05. The topological polar surface area (TPSA) is 77.3 Å². The number of unbranched alkanes of at least 4 members (excludes halogenated alkanes) is 2. The van der Waals surface area contributed by atoms with Crippen molar-refractivity contribution in [2.45, 2.75) is 65.0 Å². The fourth-order valence-corrected chi connectivity index (χ4v) is 6.85. The van der Waals surface area contributed by atoms with Crippen molar-refractivity contribution in [1.29, 1.82) is 0 Å². The van der Waals surface area contributed by atoms with Crippen molar-refractivity contribution >= 4 is 19.0 Å². The summed E-state index contributed by atoms with van der Waals surface area (Å²) in [5.41, 5.74) is 2.99. The highest BCUT2D eigenvalue weighted by Gasteiger charge is 2.45. The van der Waals surface area contributed by atoms with Crippen LogP contribution in [-0.2, 0) is 4.74 Å². The molecule has 9 heteroatoms. The SMILES string of the molecule is CCCOCCCCCC1CN=C2C=CC(C3=CC=C(C)C(N[P+](O)(O)c4ccc(F)cc4F)C3C)=CN21. The first-order valence-corrected chi connectivity index (χ1v) is 15.2. The molecule has 1 aromatic rings. The normalized spacial score (nSPS) is 23.1. The molecule has 206 valence electrons. The molecule has 4 rings (SSSR count). The van der Waals surface area contributed by atoms with Crippen molar-refractivity contribution < 1.29 is 23.3 Å². The standard InChI is InChI=1S/C29H39F2N3O3P/c1-4-15-37-16-7-5-6-8-24-18-32-28-14-10-22(19-34(24)28)25-12-9-20(2)29(21(25)3)33-38(35,36)27-13-11-23(30)17-26(27)31/h9-14,17,19,21,24,29,33,35-36H,4-8,15-16,18H2,1-3H3/q+1. The summed E-state index contributed by atoms with van der Waals surface area (Å²) in [5.74, 6) is -0.896. The summed E-state index contributed by atoms with van der Waals surface area (Å²) < 4.78 is 33.3. The van der Waals surface area contributed by atoms with Crippen molar-refractivity contribution in [2.24, 2.45) is 10.9 Å². The predicted molar refractivity (Wildman–Crippen MR) is 150 cm³/mol. The zero-order valence-corrected chi connectivity index (χ0v) is 23.3. The van der Waals surface area contributed by atoms with Gasteiger partial charge in [-0.1, -0.05) is 44.4 Å². The van der Waals surface area contributed by atoms with Crippen LogP contribution in [0.1, 0.15) is 52.9 Å². The number of allylic oxidation sites excluding steroid dienone is 4. The Hall–Kier alpha value is -2.22. The van der Waals surface area contributed by atoms with Crippen LogP contribution in [0.2, 0.25) is 0 Å². The Balaban J connectivity index is 1.42. The predicted octanol–water partition coefficient (Wildman–Crippen LogP) is 5.34. The lowest BCUT2D eigenvalue weighted by Gasteiger charge is -2.34. The molecule has 1 aromatic carbocycles. The largest absolute Gasteiger partial charge is 0.381 e. The van der Waals surface area contributed by atoms with E-state index in [0.29, 0.717) is 12.1 Å². The molecule has 0 saturated heterocycles. The van der Waals surface area contributed by atoms with Gasteiger partial charge in [-0.2, -0.15) is 9.79 Å². The number of halogens is 2. The van der Waals surface area contributed by atoms with Crippen LogP contribution in [0.3, 0.4) is 0 Å². The third-order valence-electron chi connectivity index (χ3n) is 7.39. The number of nitrogens with zero attached hydrogens (tertiary/aromatic N) is 2. The van der Waals surface area contributed by atoms with Gasteiger partial charge in [-0.05, 0) is 61.6 Å². The number of hydrogen-bond acceptors (Lipinski definition) is 6. The third kappa shape index (κ3) is 6.67. The average molecular weight is 547 g/mol. The monoisotopic (exact) mass is 546 g/mol. The number of nitrogens with one attached hydrogen (secondary N) is 1. The van der Waals surface area contributed by atoms with E-state index in [1.54, 1.807) is 0 Å². The molecular formula is C29H39F2N3O3P+. The van der Waals surface area contributed by atoms with Gasteiger partial charge in [-0.25, -0.2) is 8.78 Å². The van der Waals surface area contributed by atoms with E-state index in [1.165, 1.54) is 0 Å². The second kappa shape index (κ2) is 12.8. The molecule has 0 fully saturated rings. The van der Waals surface area contributed by atoms with E-state index in [0.717, 1.165) is 86.6 Å². The maximum atomic E-state index is 14.4. The van der Waals surface area contributed by atoms with Crippen LogP contribution in [0.25, 0.3) is 0 Å². The van der Waals surface area contributed by atoms with Crippen LogP contribution in [0.4, 0.5) is 8.78 Å². The maximum Gasteiger partial charge on any atom is 0.379 e. The number of rotatable bonds is 12. The molecule has 0 amide bonds. The number of aliphatic imine (C=N–C) groups is 1. The summed E-state index contributed by atoms with van der Waals surface area (Å²) >= 11 is 0. The average Bonchev–Trinajstić information content (AvgIpc) is 3.28. The molecular weight excluding hydrogens is 507 g/mol. The smallest absolute Gasteiger partial charge is 0.379 e. The summed E-state index contributed by atoms with van der Waals surface area (Å²) in [5, 5.41) is 2.58.